The van der Waals surface area contributed by atoms with Crippen LogP contribution >= 0.6 is 0 Å². The zero-order chi connectivity index (χ0) is 12.2. The number of quaternary nitrogens is 1. The number of aliphatic hydroxyl groups excluding tert-OH is 2. The van der Waals surface area contributed by atoms with Gasteiger partial charge in [0, 0.05) is 13.0 Å². The predicted octanol–water partition coefficient (Wildman–Crippen LogP) is -0.962. The molecule has 0 aromatic carbocycles. The highest BCUT2D eigenvalue weighted by molar-refractivity contribution is 4.78. The molecule has 0 bridgehead atoms. The van der Waals surface area contributed by atoms with E-state index in [1.165, 1.54) is 4.90 Å². The zero-order valence-electron chi connectivity index (χ0n) is 8.78. The molecule has 1 aliphatic rings. The summed E-state index contributed by atoms with van der Waals surface area (Å²) in [7, 11) is 0. The second kappa shape index (κ2) is 5.21. The van der Waals surface area contributed by atoms with Gasteiger partial charge in [0.1, 0.15) is 6.67 Å². The number of hydroxylamine groups is 3. The highest BCUT2D eigenvalue weighted by Crippen LogP contribution is 2.25. The Hall–Kier alpha value is -1.22. The lowest BCUT2D eigenvalue weighted by Crippen LogP contribution is -2.49. The van der Waals surface area contributed by atoms with E-state index in [1.54, 1.807) is 0 Å². The first-order valence-electron chi connectivity index (χ1n) is 4.97. The average molecular weight is 226 g/mol. The maximum atomic E-state index is 12.0. The van der Waals surface area contributed by atoms with Crippen LogP contribution in [0.3, 0.4) is 0 Å². The quantitative estimate of drug-likeness (QED) is 0.471. The van der Waals surface area contributed by atoms with Crippen molar-refractivity contribution in [3.05, 3.63) is 5.21 Å². The minimum absolute atomic E-state index is 0.0272. The summed E-state index contributed by atoms with van der Waals surface area (Å²) in [5, 5.41) is 48.0. The molecule has 0 saturated carbocycles. The predicted molar refractivity (Wildman–Crippen MR) is 52.5 cm³/mol. The van der Waals surface area contributed by atoms with Gasteiger partial charge in [-0.05, 0) is 0 Å². The molecule has 0 radical (unpaired) electrons. The molecule has 2 N–H and O–H groups in total. The first-order chi connectivity index (χ1) is 7.55. The van der Waals surface area contributed by atoms with Crippen LogP contribution in [0.15, 0.2) is 0 Å². The van der Waals surface area contributed by atoms with Crippen LogP contribution in [0, 0.1) is 27.9 Å². The average Bonchev–Trinajstić information content (AvgIpc) is 2.49. The summed E-state index contributed by atoms with van der Waals surface area (Å²) in [6, 6.07) is 3.74. The van der Waals surface area contributed by atoms with Crippen LogP contribution in [-0.4, -0.2) is 52.0 Å². The molecule has 0 aliphatic carbocycles. The molecule has 0 aromatic rings. The highest BCUT2D eigenvalue weighted by atomic mass is 16.6. The topological polar surface area (TPSA) is 114 Å². The summed E-state index contributed by atoms with van der Waals surface area (Å²) in [4.78, 5) is 1.36. The summed E-state index contributed by atoms with van der Waals surface area (Å²) < 4.78 is -1.01. The van der Waals surface area contributed by atoms with Gasteiger partial charge in [-0.25, -0.2) is 4.90 Å². The maximum Gasteiger partial charge on any atom is 0.232 e. The van der Waals surface area contributed by atoms with Gasteiger partial charge in [-0.2, -0.15) is 10.5 Å². The Bertz CT molecular complexity index is 324. The molecule has 1 aliphatic heterocycles. The molecular formula is C9H14N4O3. The number of nitriles is 2. The van der Waals surface area contributed by atoms with Crippen molar-refractivity contribution in [2.75, 3.05) is 19.8 Å². The van der Waals surface area contributed by atoms with Crippen LogP contribution in [0.25, 0.3) is 0 Å². The smallest absolute Gasteiger partial charge is 0.232 e. The van der Waals surface area contributed by atoms with E-state index in [0.29, 0.717) is 0 Å². The molecule has 0 amide bonds. The van der Waals surface area contributed by atoms with Crippen molar-refractivity contribution < 1.29 is 14.9 Å². The second-order valence-electron chi connectivity index (χ2n) is 3.77. The molecule has 1 heterocycles. The molecule has 1 fully saturated rings. The van der Waals surface area contributed by atoms with E-state index >= 15 is 0 Å². The third-order valence-corrected chi connectivity index (χ3v) is 2.66. The third kappa shape index (κ3) is 2.47. The highest BCUT2D eigenvalue weighted by Gasteiger charge is 2.45. The van der Waals surface area contributed by atoms with E-state index < -0.39 is 17.1 Å². The third-order valence-electron chi connectivity index (χ3n) is 2.66. The number of hydrogen-bond donors (Lipinski definition) is 2. The fourth-order valence-corrected chi connectivity index (χ4v) is 1.75. The Balaban J connectivity index is 2.63. The van der Waals surface area contributed by atoms with Gasteiger partial charge in [0.15, 0.2) is 6.23 Å². The normalized spacial score (nSPS) is 34.6. The van der Waals surface area contributed by atoms with Crippen molar-refractivity contribution in [1.29, 1.82) is 10.5 Å². The van der Waals surface area contributed by atoms with Crippen LogP contribution in [-0.2, 0) is 0 Å². The van der Waals surface area contributed by atoms with E-state index in [9.17, 15) is 15.4 Å². The van der Waals surface area contributed by atoms with Crippen molar-refractivity contribution in [1.82, 2.24) is 4.90 Å². The van der Waals surface area contributed by atoms with Crippen molar-refractivity contribution >= 4 is 0 Å². The minimum atomic E-state index is -1.47. The molecule has 1 rings (SSSR count). The van der Waals surface area contributed by atoms with E-state index in [1.807, 2.05) is 12.1 Å². The molecular weight excluding hydrogens is 212 g/mol. The van der Waals surface area contributed by atoms with E-state index in [4.69, 9.17) is 10.5 Å². The van der Waals surface area contributed by atoms with Gasteiger partial charge in [0.2, 0.25) is 6.23 Å². The lowest BCUT2D eigenvalue weighted by atomic mass is 10.4. The Morgan fingerprint density at radius 2 is 1.94 bits per heavy atom. The van der Waals surface area contributed by atoms with Crippen LogP contribution in [0.4, 0.5) is 0 Å². The monoisotopic (exact) mass is 226 g/mol. The molecule has 3 atom stereocenters. The summed E-state index contributed by atoms with van der Waals surface area (Å²) in [5.74, 6) is 0. The van der Waals surface area contributed by atoms with Gasteiger partial charge >= 0.3 is 0 Å². The Labute approximate surface area is 93.5 Å². The van der Waals surface area contributed by atoms with Crippen molar-refractivity contribution in [2.45, 2.75) is 25.3 Å². The number of hydrogen-bond acceptors (Lipinski definition) is 6. The Kier molecular flexibility index (Phi) is 4.19. The fraction of sp³-hybridized carbons (Fsp3) is 0.778. The van der Waals surface area contributed by atoms with Crippen LogP contribution in [0.1, 0.15) is 12.8 Å². The van der Waals surface area contributed by atoms with Crippen molar-refractivity contribution in [3.8, 4) is 12.1 Å². The molecule has 1 saturated heterocycles. The summed E-state index contributed by atoms with van der Waals surface area (Å²) in [5.41, 5.74) is 0. The Morgan fingerprint density at radius 1 is 1.31 bits per heavy atom. The first kappa shape index (κ1) is 12.8. The summed E-state index contributed by atoms with van der Waals surface area (Å²) in [6.45, 7) is 0.0903. The van der Waals surface area contributed by atoms with E-state index in [0.717, 1.165) is 0 Å². The molecule has 88 valence electrons. The molecule has 7 heteroatoms. The zero-order valence-corrected chi connectivity index (χ0v) is 8.78. The molecule has 0 spiro atoms. The van der Waals surface area contributed by atoms with E-state index in [2.05, 4.69) is 0 Å². The fourth-order valence-electron chi connectivity index (χ4n) is 1.75. The van der Waals surface area contributed by atoms with Gasteiger partial charge in [-0.15, -0.1) is 0 Å². The van der Waals surface area contributed by atoms with Crippen LogP contribution in [0.2, 0.25) is 0 Å². The van der Waals surface area contributed by atoms with E-state index in [-0.39, 0.29) is 32.6 Å². The largest absolute Gasteiger partial charge is 0.630 e. The summed E-state index contributed by atoms with van der Waals surface area (Å²) >= 11 is 0. The lowest BCUT2D eigenvalue weighted by Gasteiger charge is -2.40. The lowest BCUT2D eigenvalue weighted by molar-refractivity contribution is -0.918. The van der Waals surface area contributed by atoms with Crippen molar-refractivity contribution in [2.24, 2.45) is 0 Å². The Morgan fingerprint density at radius 3 is 2.50 bits per heavy atom. The maximum absolute atomic E-state index is 12.0. The van der Waals surface area contributed by atoms with Gasteiger partial charge < -0.3 is 20.1 Å². The van der Waals surface area contributed by atoms with Gasteiger partial charge in [-0.3, -0.25) is 0 Å². The first-order valence-corrected chi connectivity index (χ1v) is 4.97. The SMILES string of the molecule is N#CCCN1C[N+]([O-])(CCC#N)C(O)C1O. The molecule has 0 aromatic heterocycles. The van der Waals surface area contributed by atoms with Crippen molar-refractivity contribution in [3.63, 3.8) is 0 Å². The standard InChI is InChI=1S/C9H14N4O3/c10-3-1-5-12-7-13(16,6-2-4-11)9(15)8(12)14/h8-9,14-15H,1-2,5-7H2. The number of aliphatic hydroxyl groups is 2. The second-order valence-corrected chi connectivity index (χ2v) is 3.77. The molecule has 7 nitrogen and oxygen atoms in total. The number of nitrogens with zero attached hydrogens (tertiary/aromatic N) is 4. The van der Waals surface area contributed by atoms with Gasteiger partial charge in [-0.1, -0.05) is 0 Å². The van der Waals surface area contributed by atoms with Gasteiger partial charge in [0.05, 0.1) is 25.1 Å². The van der Waals surface area contributed by atoms with Gasteiger partial charge in [0.25, 0.3) is 0 Å². The van der Waals surface area contributed by atoms with Crippen LogP contribution in [0.5, 0.6) is 0 Å². The molecule has 16 heavy (non-hydrogen) atoms. The number of rotatable bonds is 4. The minimum Gasteiger partial charge on any atom is -0.630 e. The van der Waals surface area contributed by atoms with Crippen LogP contribution < -0.4 is 0 Å². The summed E-state index contributed by atoms with van der Waals surface area (Å²) in [6.07, 6.45) is -2.52. The molecule has 3 unspecified atom stereocenters.